The van der Waals surface area contributed by atoms with Crippen LogP contribution in [-0.2, 0) is 19.4 Å². The quantitative estimate of drug-likeness (QED) is 0.191. The van der Waals surface area contributed by atoms with Crippen LogP contribution < -0.4 is 20.7 Å². The highest BCUT2D eigenvalue weighted by Gasteiger charge is 2.27. The van der Waals surface area contributed by atoms with Crippen LogP contribution in [0.4, 0.5) is 4.39 Å². The highest BCUT2D eigenvalue weighted by atomic mass is 19.1. The van der Waals surface area contributed by atoms with Crippen LogP contribution in [0.3, 0.4) is 0 Å². The van der Waals surface area contributed by atoms with Crippen molar-refractivity contribution in [1.29, 1.82) is 0 Å². The zero-order valence-electron chi connectivity index (χ0n) is 28.5. The van der Waals surface area contributed by atoms with E-state index in [9.17, 15) is 14.0 Å². The largest absolute Gasteiger partial charge is 0.438 e. The van der Waals surface area contributed by atoms with E-state index in [0.29, 0.717) is 24.3 Å². The van der Waals surface area contributed by atoms with Crippen LogP contribution in [0.15, 0.2) is 67.0 Å². The number of nitrogens with one attached hydrogen (secondary N) is 3. The number of hydrogen-bond donors (Lipinski definition) is 3. The van der Waals surface area contributed by atoms with Gasteiger partial charge in [-0.1, -0.05) is 36.4 Å². The topological polar surface area (TPSA) is 113 Å². The smallest absolute Gasteiger partial charge is 0.271 e. The van der Waals surface area contributed by atoms with Gasteiger partial charge in [0.05, 0.1) is 6.20 Å². The number of aryl methyl sites for hydroxylation is 3. The molecule has 0 radical (unpaired) electrons. The molecule has 0 spiro atoms. The Bertz CT molecular complexity index is 1760. The number of ether oxygens (including phenoxy) is 1. The van der Waals surface area contributed by atoms with Crippen molar-refractivity contribution in [2.75, 3.05) is 32.7 Å². The molecule has 1 saturated carbocycles. The average Bonchev–Trinajstić information content (AvgIpc) is 3.59. The van der Waals surface area contributed by atoms with Crippen molar-refractivity contribution in [2.45, 2.75) is 76.4 Å². The molecule has 4 heterocycles. The Kier molecular flexibility index (Phi) is 10.8. The maximum absolute atomic E-state index is 14.4. The molecule has 0 bridgehead atoms. The fourth-order valence-electron chi connectivity index (χ4n) is 7.25. The van der Waals surface area contributed by atoms with E-state index in [-0.39, 0.29) is 29.4 Å². The molecule has 262 valence electrons. The zero-order chi connectivity index (χ0) is 34.3. The van der Waals surface area contributed by atoms with E-state index in [1.807, 2.05) is 24.4 Å². The van der Waals surface area contributed by atoms with Gasteiger partial charge in [-0.15, -0.1) is 0 Å². The van der Waals surface area contributed by atoms with E-state index in [4.69, 9.17) is 4.74 Å². The lowest BCUT2D eigenvalue weighted by molar-refractivity contribution is 0.0887. The first-order valence-electron chi connectivity index (χ1n) is 18.1. The van der Waals surface area contributed by atoms with Crippen LogP contribution in [0.5, 0.6) is 11.6 Å². The van der Waals surface area contributed by atoms with E-state index >= 15 is 0 Å². The molecule has 4 aromatic rings. The minimum Gasteiger partial charge on any atom is -0.438 e. The fourth-order valence-corrected chi connectivity index (χ4v) is 7.25. The molecule has 0 unspecified atom stereocenters. The summed E-state index contributed by atoms with van der Waals surface area (Å²) in [5, 5.41) is 9.57. The highest BCUT2D eigenvalue weighted by molar-refractivity contribution is 5.96. The second-order valence-corrected chi connectivity index (χ2v) is 13.7. The number of hydrogen-bond acceptors (Lipinski definition) is 7. The predicted octanol–water partition coefficient (Wildman–Crippen LogP) is 5.52. The number of nitrogens with zero attached hydrogens (tertiary/aromatic N) is 4. The Morgan fingerprint density at radius 1 is 0.900 bits per heavy atom. The van der Waals surface area contributed by atoms with Crippen LogP contribution in [0.2, 0.25) is 0 Å². The molecule has 2 aromatic heterocycles. The summed E-state index contributed by atoms with van der Waals surface area (Å²) in [4.78, 5) is 37.5. The molecular formula is C39H46FN7O3. The number of fused-ring (bicyclic) bond motifs is 1. The van der Waals surface area contributed by atoms with Crippen molar-refractivity contribution in [3.63, 3.8) is 0 Å². The third-order valence-corrected chi connectivity index (χ3v) is 10.1. The minimum atomic E-state index is -0.614. The van der Waals surface area contributed by atoms with E-state index in [2.05, 4.69) is 59.7 Å². The van der Waals surface area contributed by atoms with Crippen molar-refractivity contribution < 1.29 is 18.7 Å². The standard InChI is InChI=1S/C39H46FN7O3/c40-30-24-34(37(48)43-31-13-15-32(16-14-31)44-38(49)35-26-47-20-2-1-8-36(47)45-35)39(42-25-30)50-33-7-3-6-29(23-33)28-11-9-27(10-12-28)5-4-19-46-21-17-41-18-22-46/h3,6-7,9-12,23-26,31-32,41H,1-2,4-5,8,13-22H2,(H,43,48)(H,44,49)/t31-,32-. The number of rotatable bonds is 11. The molecule has 1 saturated heterocycles. The maximum Gasteiger partial charge on any atom is 0.271 e. The number of piperazine rings is 1. The van der Waals surface area contributed by atoms with Crippen LogP contribution in [-0.4, -0.2) is 76.1 Å². The van der Waals surface area contributed by atoms with Crippen molar-refractivity contribution in [2.24, 2.45) is 0 Å². The molecule has 10 nitrogen and oxygen atoms in total. The second-order valence-electron chi connectivity index (χ2n) is 13.7. The SMILES string of the molecule is O=C(N[C@H]1CC[C@H](NC(=O)c2cc(F)cnc2Oc2cccc(-c3ccc(CCCN4CCNCC4)cc3)c2)CC1)c1cn2c(n1)CCCC2. The molecule has 3 aliphatic rings. The first kappa shape index (κ1) is 33.9. The highest BCUT2D eigenvalue weighted by Crippen LogP contribution is 2.29. The van der Waals surface area contributed by atoms with Crippen molar-refractivity contribution >= 4 is 11.8 Å². The van der Waals surface area contributed by atoms with E-state index in [1.54, 1.807) is 6.07 Å². The van der Waals surface area contributed by atoms with Gasteiger partial charge in [0.25, 0.3) is 11.8 Å². The average molecular weight is 680 g/mol. The van der Waals surface area contributed by atoms with Gasteiger partial charge in [-0.05, 0) is 92.8 Å². The lowest BCUT2D eigenvalue weighted by atomic mass is 9.91. The molecule has 7 rings (SSSR count). The van der Waals surface area contributed by atoms with Crippen LogP contribution in [0.25, 0.3) is 11.1 Å². The third kappa shape index (κ3) is 8.57. The Hall–Kier alpha value is -4.61. The lowest BCUT2D eigenvalue weighted by Crippen LogP contribution is -2.44. The summed E-state index contributed by atoms with van der Waals surface area (Å²) in [5.74, 6) is 0.330. The zero-order valence-corrected chi connectivity index (χ0v) is 28.5. The summed E-state index contributed by atoms with van der Waals surface area (Å²) in [7, 11) is 0. The summed E-state index contributed by atoms with van der Waals surface area (Å²) in [5.41, 5.74) is 3.86. The number of pyridine rings is 1. The normalized spacial score (nSPS) is 19.4. The molecule has 2 aliphatic heterocycles. The van der Waals surface area contributed by atoms with Gasteiger partial charge < -0.3 is 30.2 Å². The lowest BCUT2D eigenvalue weighted by Gasteiger charge is -2.29. The molecule has 50 heavy (non-hydrogen) atoms. The Balaban J connectivity index is 0.923. The predicted molar refractivity (Wildman–Crippen MR) is 190 cm³/mol. The van der Waals surface area contributed by atoms with Gasteiger partial charge in [-0.3, -0.25) is 9.59 Å². The van der Waals surface area contributed by atoms with Crippen LogP contribution >= 0.6 is 0 Å². The minimum absolute atomic E-state index is 0.00925. The maximum atomic E-state index is 14.4. The van der Waals surface area contributed by atoms with Gasteiger partial charge in [0, 0.05) is 57.4 Å². The molecule has 3 N–H and O–H groups in total. The Morgan fingerprint density at radius 3 is 2.42 bits per heavy atom. The molecule has 2 aromatic carbocycles. The molecular weight excluding hydrogens is 633 g/mol. The van der Waals surface area contributed by atoms with Gasteiger partial charge >= 0.3 is 0 Å². The summed E-state index contributed by atoms with van der Waals surface area (Å²) in [6.45, 7) is 6.42. The van der Waals surface area contributed by atoms with Gasteiger partial charge in [0.2, 0.25) is 5.88 Å². The number of halogens is 1. The number of amides is 2. The number of benzene rings is 2. The van der Waals surface area contributed by atoms with E-state index in [1.165, 1.54) is 11.6 Å². The van der Waals surface area contributed by atoms with E-state index in [0.717, 1.165) is 107 Å². The van der Waals surface area contributed by atoms with Gasteiger partial charge in [0.1, 0.15) is 28.6 Å². The number of carbonyl (C=O) groups excluding carboxylic acids is 2. The molecule has 2 fully saturated rings. The molecule has 2 amide bonds. The van der Waals surface area contributed by atoms with Crippen molar-refractivity contribution in [3.05, 3.63) is 95.5 Å². The first-order valence-corrected chi connectivity index (χ1v) is 18.1. The summed E-state index contributed by atoms with van der Waals surface area (Å²) in [6, 6.07) is 17.3. The summed E-state index contributed by atoms with van der Waals surface area (Å²) >= 11 is 0. The van der Waals surface area contributed by atoms with Crippen molar-refractivity contribution in [3.8, 4) is 22.8 Å². The molecule has 0 atom stereocenters. The monoisotopic (exact) mass is 679 g/mol. The number of imidazole rings is 1. The van der Waals surface area contributed by atoms with Gasteiger partial charge in [-0.2, -0.15) is 0 Å². The Labute approximate surface area is 292 Å². The number of carbonyl (C=O) groups is 2. The number of aromatic nitrogens is 3. The van der Waals surface area contributed by atoms with Gasteiger partial charge in [0.15, 0.2) is 0 Å². The summed E-state index contributed by atoms with van der Waals surface area (Å²) in [6.07, 6.45) is 11.0. The van der Waals surface area contributed by atoms with Crippen LogP contribution in [0.1, 0.15) is 77.2 Å². The Morgan fingerprint density at radius 2 is 1.66 bits per heavy atom. The summed E-state index contributed by atoms with van der Waals surface area (Å²) < 4.78 is 22.5. The van der Waals surface area contributed by atoms with Crippen molar-refractivity contribution in [1.82, 2.24) is 35.4 Å². The molecule has 11 heteroatoms. The van der Waals surface area contributed by atoms with Crippen LogP contribution in [0, 0.1) is 5.82 Å². The first-order chi connectivity index (χ1) is 24.5. The molecule has 1 aliphatic carbocycles. The van der Waals surface area contributed by atoms with Gasteiger partial charge in [-0.25, -0.2) is 14.4 Å². The second kappa shape index (κ2) is 15.9. The van der Waals surface area contributed by atoms with E-state index < -0.39 is 11.7 Å². The third-order valence-electron chi connectivity index (χ3n) is 10.1. The fraction of sp³-hybridized carbons (Fsp3) is 0.436.